The third-order valence-electron chi connectivity index (χ3n) is 3.60. The van der Waals surface area contributed by atoms with Crippen LogP contribution in [0, 0.1) is 11.3 Å². The third kappa shape index (κ3) is 3.23. The predicted octanol–water partition coefficient (Wildman–Crippen LogP) is 2.54. The molecule has 0 aliphatic heterocycles. The molecular weight excluding hydrogens is 278 g/mol. The van der Waals surface area contributed by atoms with Crippen molar-refractivity contribution in [2.24, 2.45) is 0 Å². The maximum absolute atomic E-state index is 12.1. The van der Waals surface area contributed by atoms with Crippen molar-refractivity contribution in [2.45, 2.75) is 19.4 Å². The van der Waals surface area contributed by atoms with E-state index in [1.807, 2.05) is 42.5 Å². The van der Waals surface area contributed by atoms with Gasteiger partial charge in [-0.05, 0) is 18.4 Å². The molecule has 112 valence electrons. The van der Waals surface area contributed by atoms with Crippen LogP contribution < -0.4 is 5.32 Å². The zero-order chi connectivity index (χ0) is 16.1. The number of anilines is 1. The fourth-order valence-corrected chi connectivity index (χ4v) is 2.14. The fraction of sp³-hybridized carbons (Fsp3) is 0.235. The first kappa shape index (κ1) is 15.5. The van der Waals surface area contributed by atoms with Gasteiger partial charge in [-0.2, -0.15) is 5.26 Å². The number of likely N-dealkylation sites (N-methyl/N-ethyl adjacent to an activating group) is 1. The quantitative estimate of drug-likeness (QED) is 0.884. The molecule has 2 aromatic carbocycles. The largest absolute Gasteiger partial charge is 0.334 e. The van der Waals surface area contributed by atoms with Gasteiger partial charge >= 0.3 is 11.8 Å². The Morgan fingerprint density at radius 3 is 2.64 bits per heavy atom. The lowest BCUT2D eigenvalue weighted by Crippen LogP contribution is -2.42. The Hall–Kier alpha value is -2.87. The minimum Gasteiger partial charge on any atom is -0.334 e. The lowest BCUT2D eigenvalue weighted by atomic mass is 10.1. The van der Waals surface area contributed by atoms with Gasteiger partial charge in [-0.1, -0.05) is 36.4 Å². The number of nitrogens with one attached hydrogen (secondary N) is 1. The Morgan fingerprint density at radius 2 is 1.91 bits per heavy atom. The minimum absolute atomic E-state index is 0.184. The average Bonchev–Trinajstić information content (AvgIpc) is 2.54. The first-order valence-electron chi connectivity index (χ1n) is 6.97. The van der Waals surface area contributed by atoms with E-state index in [1.54, 1.807) is 13.0 Å². The highest BCUT2D eigenvalue weighted by atomic mass is 16.2. The second-order valence-corrected chi connectivity index (χ2v) is 5.11. The van der Waals surface area contributed by atoms with E-state index in [0.29, 0.717) is 5.69 Å². The number of benzene rings is 2. The van der Waals surface area contributed by atoms with Crippen molar-refractivity contribution < 1.29 is 9.59 Å². The standard InChI is InChI=1S/C17H17N3O2/c1-12(10-11-18)20(2)17(22)16(21)19-15-9-5-7-13-6-3-4-8-14(13)15/h3-9,12H,10H2,1-2H3,(H,19,21). The molecule has 0 spiro atoms. The van der Waals surface area contributed by atoms with Crippen molar-refractivity contribution in [3.63, 3.8) is 0 Å². The topological polar surface area (TPSA) is 73.2 Å². The van der Waals surface area contributed by atoms with E-state index in [2.05, 4.69) is 5.32 Å². The number of rotatable bonds is 3. The van der Waals surface area contributed by atoms with E-state index in [4.69, 9.17) is 5.26 Å². The van der Waals surface area contributed by atoms with Crippen LogP contribution in [0.5, 0.6) is 0 Å². The van der Waals surface area contributed by atoms with Crippen molar-refractivity contribution in [3.05, 3.63) is 42.5 Å². The van der Waals surface area contributed by atoms with Gasteiger partial charge in [0.1, 0.15) is 0 Å². The Kier molecular flexibility index (Phi) is 4.74. The highest BCUT2D eigenvalue weighted by molar-refractivity contribution is 6.40. The molecule has 5 heteroatoms. The number of hydrogen-bond donors (Lipinski definition) is 1. The van der Waals surface area contributed by atoms with Gasteiger partial charge in [0, 0.05) is 24.2 Å². The number of hydrogen-bond acceptors (Lipinski definition) is 3. The second-order valence-electron chi connectivity index (χ2n) is 5.11. The second kappa shape index (κ2) is 6.72. The lowest BCUT2D eigenvalue weighted by Gasteiger charge is -2.22. The van der Waals surface area contributed by atoms with Gasteiger partial charge in [-0.3, -0.25) is 9.59 Å². The van der Waals surface area contributed by atoms with E-state index in [1.165, 1.54) is 11.9 Å². The van der Waals surface area contributed by atoms with Gasteiger partial charge in [-0.25, -0.2) is 0 Å². The zero-order valence-corrected chi connectivity index (χ0v) is 12.5. The zero-order valence-electron chi connectivity index (χ0n) is 12.5. The van der Waals surface area contributed by atoms with Crippen LogP contribution in [-0.4, -0.2) is 29.8 Å². The van der Waals surface area contributed by atoms with Crippen LogP contribution in [0.3, 0.4) is 0 Å². The van der Waals surface area contributed by atoms with Gasteiger partial charge in [-0.15, -0.1) is 0 Å². The molecule has 5 nitrogen and oxygen atoms in total. The first-order valence-corrected chi connectivity index (χ1v) is 6.97. The summed E-state index contributed by atoms with van der Waals surface area (Å²) in [5.41, 5.74) is 0.595. The minimum atomic E-state index is -0.705. The van der Waals surface area contributed by atoms with Crippen molar-refractivity contribution >= 4 is 28.3 Å². The van der Waals surface area contributed by atoms with Crippen LogP contribution in [0.1, 0.15) is 13.3 Å². The van der Waals surface area contributed by atoms with Crippen molar-refractivity contribution in [3.8, 4) is 6.07 Å². The van der Waals surface area contributed by atoms with Gasteiger partial charge in [0.2, 0.25) is 0 Å². The number of fused-ring (bicyclic) bond motifs is 1. The number of carbonyl (C=O) groups is 2. The fourth-order valence-electron chi connectivity index (χ4n) is 2.14. The number of carbonyl (C=O) groups excluding carboxylic acids is 2. The molecule has 0 aromatic heterocycles. The van der Waals surface area contributed by atoms with Crippen LogP contribution in [-0.2, 0) is 9.59 Å². The summed E-state index contributed by atoms with van der Waals surface area (Å²) in [4.78, 5) is 25.5. The molecule has 1 atom stereocenters. The molecule has 0 saturated heterocycles. The summed E-state index contributed by atoms with van der Waals surface area (Å²) in [6.45, 7) is 1.73. The summed E-state index contributed by atoms with van der Waals surface area (Å²) in [5, 5.41) is 13.2. The Balaban J connectivity index is 2.17. The van der Waals surface area contributed by atoms with Crippen molar-refractivity contribution in [1.29, 1.82) is 5.26 Å². The molecular formula is C17H17N3O2. The predicted molar refractivity (Wildman–Crippen MR) is 85.0 cm³/mol. The Bertz CT molecular complexity index is 744. The highest BCUT2D eigenvalue weighted by Crippen LogP contribution is 2.22. The van der Waals surface area contributed by atoms with E-state index in [0.717, 1.165) is 10.8 Å². The normalized spacial score (nSPS) is 11.5. The van der Waals surface area contributed by atoms with Crippen LogP contribution in [0.15, 0.2) is 42.5 Å². The van der Waals surface area contributed by atoms with Gasteiger partial charge in [0.15, 0.2) is 0 Å². The first-order chi connectivity index (χ1) is 10.5. The summed E-state index contributed by atoms with van der Waals surface area (Å²) in [5.74, 6) is -1.36. The van der Waals surface area contributed by atoms with E-state index >= 15 is 0 Å². The molecule has 0 aliphatic rings. The Labute approximate surface area is 129 Å². The molecule has 0 fully saturated rings. The van der Waals surface area contributed by atoms with Gasteiger partial charge in [0.05, 0.1) is 12.5 Å². The molecule has 0 radical (unpaired) electrons. The van der Waals surface area contributed by atoms with Crippen LogP contribution in [0.25, 0.3) is 10.8 Å². The molecule has 0 saturated carbocycles. The molecule has 22 heavy (non-hydrogen) atoms. The maximum atomic E-state index is 12.1. The maximum Gasteiger partial charge on any atom is 0.313 e. The molecule has 0 aliphatic carbocycles. The highest BCUT2D eigenvalue weighted by Gasteiger charge is 2.23. The van der Waals surface area contributed by atoms with E-state index in [-0.39, 0.29) is 12.5 Å². The van der Waals surface area contributed by atoms with Gasteiger partial charge in [0.25, 0.3) is 0 Å². The number of nitrogens with zero attached hydrogens (tertiary/aromatic N) is 2. The summed E-state index contributed by atoms with van der Waals surface area (Å²) in [7, 11) is 1.52. The average molecular weight is 295 g/mol. The monoisotopic (exact) mass is 295 g/mol. The van der Waals surface area contributed by atoms with Crippen LogP contribution >= 0.6 is 0 Å². The van der Waals surface area contributed by atoms with Crippen molar-refractivity contribution in [1.82, 2.24) is 4.90 Å². The molecule has 1 N–H and O–H groups in total. The van der Waals surface area contributed by atoms with Crippen LogP contribution in [0.2, 0.25) is 0 Å². The smallest absolute Gasteiger partial charge is 0.313 e. The Morgan fingerprint density at radius 1 is 1.23 bits per heavy atom. The number of nitriles is 1. The SMILES string of the molecule is CC(CC#N)N(C)C(=O)C(=O)Nc1cccc2ccccc12. The summed E-state index contributed by atoms with van der Waals surface area (Å²) in [6, 6.07) is 14.8. The molecule has 0 bridgehead atoms. The molecule has 2 aromatic rings. The molecule has 0 heterocycles. The summed E-state index contributed by atoms with van der Waals surface area (Å²) < 4.78 is 0. The van der Waals surface area contributed by atoms with Crippen molar-refractivity contribution in [2.75, 3.05) is 12.4 Å². The number of amides is 2. The summed E-state index contributed by atoms with van der Waals surface area (Å²) >= 11 is 0. The van der Waals surface area contributed by atoms with E-state index in [9.17, 15) is 9.59 Å². The molecule has 1 unspecified atom stereocenters. The van der Waals surface area contributed by atoms with Crippen LogP contribution in [0.4, 0.5) is 5.69 Å². The van der Waals surface area contributed by atoms with E-state index < -0.39 is 11.8 Å². The third-order valence-corrected chi connectivity index (χ3v) is 3.60. The van der Waals surface area contributed by atoms with Gasteiger partial charge < -0.3 is 10.2 Å². The molecule has 2 rings (SSSR count). The summed E-state index contributed by atoms with van der Waals surface area (Å²) in [6.07, 6.45) is 0.184. The molecule has 2 amide bonds. The lowest BCUT2D eigenvalue weighted by molar-refractivity contribution is -0.143.